The standard InChI is InChI=1S/C26H25F2N7O/c1-14(18-12-15(22(27)28)6-9-30-18)20-19-23(34-33-20)31-25(32-24(19)36)35-10-7-26(8-11-35)13-16-4-2-3-5-17(16)21(26)29/h2-6,9,12,21-22H,1,7-8,10-11,13,29H2,(H2,31,32,33,34,36)/t21-/m1/s1. The number of hydrogen-bond donors (Lipinski definition) is 3. The summed E-state index contributed by atoms with van der Waals surface area (Å²) >= 11 is 0. The lowest BCUT2D eigenvalue weighted by Crippen LogP contribution is -2.45. The number of halogens is 2. The number of H-pyrrole nitrogens is 2. The van der Waals surface area contributed by atoms with Gasteiger partial charge in [0.2, 0.25) is 5.95 Å². The number of pyridine rings is 1. The average molecular weight is 490 g/mol. The summed E-state index contributed by atoms with van der Waals surface area (Å²) in [5.74, 6) is 0.452. The first-order valence-electron chi connectivity index (χ1n) is 11.9. The van der Waals surface area contributed by atoms with Gasteiger partial charge in [0.15, 0.2) is 5.65 Å². The van der Waals surface area contributed by atoms with Crippen molar-refractivity contribution in [3.63, 3.8) is 0 Å². The third-order valence-electron chi connectivity index (χ3n) is 7.71. The Morgan fingerprint density at radius 3 is 2.75 bits per heavy atom. The van der Waals surface area contributed by atoms with Crippen molar-refractivity contribution in [2.75, 3.05) is 18.0 Å². The van der Waals surface area contributed by atoms with Gasteiger partial charge in [0.1, 0.15) is 5.39 Å². The summed E-state index contributed by atoms with van der Waals surface area (Å²) in [4.78, 5) is 26.8. The number of fused-ring (bicyclic) bond motifs is 2. The molecule has 10 heteroatoms. The monoisotopic (exact) mass is 489 g/mol. The molecule has 4 heterocycles. The minimum absolute atomic E-state index is 0.00225. The van der Waals surface area contributed by atoms with Crippen LogP contribution in [-0.4, -0.2) is 38.2 Å². The molecule has 8 nitrogen and oxygen atoms in total. The van der Waals surface area contributed by atoms with Crippen LogP contribution in [-0.2, 0) is 6.42 Å². The van der Waals surface area contributed by atoms with Crippen LogP contribution >= 0.6 is 0 Å². The fourth-order valence-electron chi connectivity index (χ4n) is 5.63. The van der Waals surface area contributed by atoms with Gasteiger partial charge in [-0.3, -0.25) is 19.9 Å². The first-order chi connectivity index (χ1) is 17.4. The zero-order chi connectivity index (χ0) is 25.0. The number of aromatic amines is 2. The lowest BCUT2D eigenvalue weighted by atomic mass is 9.73. The van der Waals surface area contributed by atoms with Crippen molar-refractivity contribution in [2.45, 2.75) is 31.7 Å². The highest BCUT2D eigenvalue weighted by atomic mass is 19.3. The van der Waals surface area contributed by atoms with Crippen LogP contribution in [0.3, 0.4) is 0 Å². The van der Waals surface area contributed by atoms with Gasteiger partial charge in [-0.15, -0.1) is 0 Å². The van der Waals surface area contributed by atoms with Crippen LogP contribution in [0.15, 0.2) is 54.0 Å². The van der Waals surface area contributed by atoms with E-state index < -0.39 is 6.43 Å². The third kappa shape index (κ3) is 3.51. The van der Waals surface area contributed by atoms with Crippen LogP contribution in [0.2, 0.25) is 0 Å². The second-order valence-electron chi connectivity index (χ2n) is 9.64. The minimum Gasteiger partial charge on any atom is -0.342 e. The Labute approximate surface area is 205 Å². The minimum atomic E-state index is -2.64. The fraction of sp³-hybridized carbons (Fsp3) is 0.308. The number of aromatic nitrogens is 5. The Hall–Kier alpha value is -3.92. The predicted octanol–water partition coefficient (Wildman–Crippen LogP) is 3.88. The van der Waals surface area contributed by atoms with E-state index in [1.165, 1.54) is 29.5 Å². The molecule has 2 aliphatic rings. The molecule has 1 fully saturated rings. The quantitative estimate of drug-likeness (QED) is 0.401. The van der Waals surface area contributed by atoms with Crippen LogP contribution in [0.1, 0.15) is 53.4 Å². The van der Waals surface area contributed by atoms with E-state index in [1.807, 2.05) is 6.07 Å². The van der Waals surface area contributed by atoms with Crippen molar-refractivity contribution < 1.29 is 8.78 Å². The largest absolute Gasteiger partial charge is 0.342 e. The first kappa shape index (κ1) is 22.5. The number of benzene rings is 1. The van der Waals surface area contributed by atoms with E-state index in [1.54, 1.807) is 0 Å². The molecule has 0 radical (unpaired) electrons. The molecule has 1 spiro atoms. The van der Waals surface area contributed by atoms with Crippen LogP contribution < -0.4 is 16.2 Å². The van der Waals surface area contributed by atoms with Crippen molar-refractivity contribution in [3.05, 3.63) is 87.6 Å². The van der Waals surface area contributed by atoms with Gasteiger partial charge in [-0.2, -0.15) is 10.1 Å². The van der Waals surface area contributed by atoms with Crippen molar-refractivity contribution in [3.8, 4) is 0 Å². The number of rotatable bonds is 4. The predicted molar refractivity (Wildman–Crippen MR) is 133 cm³/mol. The van der Waals surface area contributed by atoms with E-state index in [0.29, 0.717) is 24.7 Å². The van der Waals surface area contributed by atoms with Gasteiger partial charge in [0, 0.05) is 36.5 Å². The van der Waals surface area contributed by atoms with E-state index in [-0.39, 0.29) is 44.9 Å². The van der Waals surface area contributed by atoms with Gasteiger partial charge in [-0.25, -0.2) is 8.78 Å². The molecule has 3 aromatic heterocycles. The SMILES string of the molecule is C=C(c1cc(C(F)F)ccn1)c1[nH]nc2nc(N3CCC4(CC3)Cc3ccccc3[C@H]4N)[nH]c(=O)c12. The normalized spacial score (nSPS) is 18.8. The van der Waals surface area contributed by atoms with Gasteiger partial charge in [-0.1, -0.05) is 30.8 Å². The molecular formula is C26H25F2N7O. The Morgan fingerprint density at radius 2 is 2.00 bits per heavy atom. The lowest BCUT2D eigenvalue weighted by Gasteiger charge is -2.42. The highest BCUT2D eigenvalue weighted by molar-refractivity contribution is 5.91. The summed E-state index contributed by atoms with van der Waals surface area (Å²) in [7, 11) is 0. The van der Waals surface area contributed by atoms with E-state index in [4.69, 9.17) is 5.73 Å². The molecule has 1 aromatic carbocycles. The third-order valence-corrected chi connectivity index (χ3v) is 7.71. The lowest BCUT2D eigenvalue weighted by molar-refractivity contribution is 0.151. The number of nitrogens with one attached hydrogen (secondary N) is 2. The molecule has 4 N–H and O–H groups in total. The Balaban J connectivity index is 1.25. The number of alkyl halides is 2. The van der Waals surface area contributed by atoms with Gasteiger partial charge < -0.3 is 10.6 Å². The molecule has 0 amide bonds. The van der Waals surface area contributed by atoms with Crippen molar-refractivity contribution in [2.24, 2.45) is 11.1 Å². The van der Waals surface area contributed by atoms with E-state index >= 15 is 0 Å². The zero-order valence-corrected chi connectivity index (χ0v) is 19.5. The van der Waals surface area contributed by atoms with E-state index in [0.717, 1.165) is 19.3 Å². The summed E-state index contributed by atoms with van der Waals surface area (Å²) in [6, 6.07) is 10.9. The molecule has 1 atom stereocenters. The molecule has 0 unspecified atom stereocenters. The van der Waals surface area contributed by atoms with Gasteiger partial charge >= 0.3 is 0 Å². The van der Waals surface area contributed by atoms with Crippen LogP contribution in [0.25, 0.3) is 16.6 Å². The number of nitrogens with two attached hydrogens (primary N) is 1. The number of piperidine rings is 1. The summed E-state index contributed by atoms with van der Waals surface area (Å²) in [6.07, 6.45) is 1.40. The topological polar surface area (TPSA) is 117 Å². The molecule has 36 heavy (non-hydrogen) atoms. The molecule has 0 saturated carbocycles. The molecule has 1 aliphatic heterocycles. The van der Waals surface area contributed by atoms with Crippen LogP contribution in [0, 0.1) is 5.41 Å². The molecule has 1 aliphatic carbocycles. The fourth-order valence-corrected chi connectivity index (χ4v) is 5.63. The molecule has 184 valence electrons. The molecule has 6 rings (SSSR count). The van der Waals surface area contributed by atoms with E-state index in [9.17, 15) is 13.6 Å². The number of anilines is 1. The summed E-state index contributed by atoms with van der Waals surface area (Å²) in [5.41, 5.74) is 9.76. The number of hydrogen-bond acceptors (Lipinski definition) is 6. The molecule has 1 saturated heterocycles. The smallest absolute Gasteiger partial charge is 0.264 e. The highest BCUT2D eigenvalue weighted by Gasteiger charge is 2.46. The maximum Gasteiger partial charge on any atom is 0.264 e. The van der Waals surface area contributed by atoms with Crippen molar-refractivity contribution in [1.29, 1.82) is 0 Å². The first-order valence-corrected chi connectivity index (χ1v) is 11.9. The van der Waals surface area contributed by atoms with Crippen molar-refractivity contribution in [1.82, 2.24) is 25.1 Å². The Kier molecular flexibility index (Phi) is 5.22. The second kappa shape index (κ2) is 8.34. The summed E-state index contributed by atoms with van der Waals surface area (Å²) in [5, 5.41) is 7.22. The average Bonchev–Trinajstić information content (AvgIpc) is 3.44. The Bertz CT molecular complexity index is 1530. The van der Waals surface area contributed by atoms with Gasteiger partial charge in [-0.05, 0) is 47.9 Å². The Morgan fingerprint density at radius 1 is 1.22 bits per heavy atom. The van der Waals surface area contributed by atoms with Gasteiger partial charge in [0.05, 0.1) is 11.4 Å². The van der Waals surface area contributed by atoms with Crippen LogP contribution in [0.5, 0.6) is 0 Å². The molecule has 0 bridgehead atoms. The zero-order valence-electron chi connectivity index (χ0n) is 19.5. The summed E-state index contributed by atoms with van der Waals surface area (Å²) < 4.78 is 26.2. The summed E-state index contributed by atoms with van der Waals surface area (Å²) in [6.45, 7) is 5.38. The maximum atomic E-state index is 13.1. The number of nitrogens with zero attached hydrogens (tertiary/aromatic N) is 4. The highest BCUT2D eigenvalue weighted by Crippen LogP contribution is 2.50. The van der Waals surface area contributed by atoms with E-state index in [2.05, 4.69) is 54.8 Å². The molecule has 4 aromatic rings. The molecular weight excluding hydrogens is 464 g/mol. The second-order valence-corrected chi connectivity index (χ2v) is 9.64. The van der Waals surface area contributed by atoms with Crippen LogP contribution in [0.4, 0.5) is 14.7 Å². The van der Waals surface area contributed by atoms with Gasteiger partial charge in [0.25, 0.3) is 12.0 Å². The van der Waals surface area contributed by atoms with Crippen molar-refractivity contribution >= 4 is 22.6 Å². The maximum absolute atomic E-state index is 13.1.